The second-order valence-corrected chi connectivity index (χ2v) is 7.13. The van der Waals surface area contributed by atoms with Crippen LogP contribution in [0.2, 0.25) is 0 Å². The van der Waals surface area contributed by atoms with Crippen molar-refractivity contribution in [2.75, 3.05) is 6.61 Å². The molecule has 0 spiro atoms. The first-order chi connectivity index (χ1) is 9.74. The van der Waals surface area contributed by atoms with E-state index in [0.29, 0.717) is 0 Å². The first kappa shape index (κ1) is 16.9. The molecule has 1 rings (SSSR count). The predicted octanol–water partition coefficient (Wildman–Crippen LogP) is 3.00. The van der Waals surface area contributed by atoms with Crippen molar-refractivity contribution >= 4 is 9.84 Å². The monoisotopic (exact) mass is 302 g/mol. The molecule has 1 aromatic rings. The molecular weight excluding hydrogens is 284 g/mol. The van der Waals surface area contributed by atoms with Crippen LogP contribution in [0, 0.1) is 29.6 Å². The normalized spacial score (nSPS) is 12.0. The summed E-state index contributed by atoms with van der Waals surface area (Å²) < 4.78 is 29.7. The summed E-state index contributed by atoms with van der Waals surface area (Å²) in [4.78, 5) is 0.185. The second kappa shape index (κ2) is 7.02. The van der Waals surface area contributed by atoms with E-state index in [1.807, 2.05) is 20.8 Å². The number of rotatable bonds is 4. The highest BCUT2D eigenvalue weighted by Gasteiger charge is 2.13. The molecule has 21 heavy (non-hydrogen) atoms. The fourth-order valence-electron chi connectivity index (χ4n) is 1.29. The van der Waals surface area contributed by atoms with Gasteiger partial charge in [-0.15, -0.1) is 6.42 Å². The highest BCUT2D eigenvalue weighted by molar-refractivity contribution is 7.94. The maximum Gasteiger partial charge on any atom is 0.204 e. The third kappa shape index (κ3) is 6.21. The molecular formula is C17H18O3S. The molecule has 110 valence electrons. The van der Waals surface area contributed by atoms with E-state index in [1.165, 1.54) is 12.1 Å². The van der Waals surface area contributed by atoms with Crippen LogP contribution in [0.15, 0.2) is 46.4 Å². The van der Waals surface area contributed by atoms with Gasteiger partial charge < -0.3 is 4.74 Å². The standard InChI is InChI=1S/C17H18O3S/c1-5-13-20-15(11-12-17(2,3)4)14-21(18,19)16-9-7-6-8-10-16/h1,6-10,14H,13H2,2-4H3/b15-14+. The van der Waals surface area contributed by atoms with Gasteiger partial charge in [0.15, 0.2) is 5.76 Å². The lowest BCUT2D eigenvalue weighted by molar-refractivity contribution is 0.272. The summed E-state index contributed by atoms with van der Waals surface area (Å²) in [5.41, 5.74) is -0.269. The van der Waals surface area contributed by atoms with E-state index in [1.54, 1.807) is 18.2 Å². The Morgan fingerprint density at radius 3 is 2.43 bits per heavy atom. The Labute approximate surface area is 126 Å². The highest BCUT2D eigenvalue weighted by Crippen LogP contribution is 2.15. The largest absolute Gasteiger partial charge is 0.472 e. The van der Waals surface area contributed by atoms with Gasteiger partial charge in [0.1, 0.15) is 6.61 Å². The van der Waals surface area contributed by atoms with Gasteiger partial charge in [0, 0.05) is 5.41 Å². The summed E-state index contributed by atoms with van der Waals surface area (Å²) in [7, 11) is -3.62. The number of allylic oxidation sites excluding steroid dienone is 1. The molecule has 3 nitrogen and oxygen atoms in total. The smallest absolute Gasteiger partial charge is 0.204 e. The van der Waals surface area contributed by atoms with E-state index < -0.39 is 9.84 Å². The lowest BCUT2D eigenvalue weighted by atomic mass is 9.98. The first-order valence-electron chi connectivity index (χ1n) is 6.36. The molecule has 0 aliphatic rings. The van der Waals surface area contributed by atoms with E-state index in [-0.39, 0.29) is 22.7 Å². The van der Waals surface area contributed by atoms with Crippen molar-refractivity contribution in [2.24, 2.45) is 5.41 Å². The zero-order valence-corrected chi connectivity index (χ0v) is 13.2. The summed E-state index contributed by atoms with van der Waals surface area (Å²) in [6.07, 6.45) is 5.13. The Morgan fingerprint density at radius 1 is 1.29 bits per heavy atom. The summed E-state index contributed by atoms with van der Waals surface area (Å²) in [6, 6.07) is 8.09. The van der Waals surface area contributed by atoms with Crippen molar-refractivity contribution < 1.29 is 13.2 Å². The van der Waals surface area contributed by atoms with Crippen LogP contribution < -0.4 is 0 Å². The Kier molecular flexibility index (Phi) is 5.64. The molecule has 4 heteroatoms. The summed E-state index contributed by atoms with van der Waals surface area (Å²) >= 11 is 0. The average molecular weight is 302 g/mol. The minimum absolute atomic E-state index is 0.0328. The quantitative estimate of drug-likeness (QED) is 0.634. The molecule has 0 fully saturated rings. The first-order valence-corrected chi connectivity index (χ1v) is 7.90. The van der Waals surface area contributed by atoms with Crippen molar-refractivity contribution in [3.05, 3.63) is 41.5 Å². The Balaban J connectivity index is 3.19. The predicted molar refractivity (Wildman–Crippen MR) is 83.7 cm³/mol. The van der Waals surface area contributed by atoms with E-state index in [2.05, 4.69) is 17.8 Å². The fourth-order valence-corrected chi connectivity index (χ4v) is 2.37. The van der Waals surface area contributed by atoms with E-state index in [4.69, 9.17) is 11.2 Å². The van der Waals surface area contributed by atoms with Crippen molar-refractivity contribution in [1.29, 1.82) is 0 Å². The molecule has 1 aromatic carbocycles. The molecule has 0 aliphatic carbocycles. The van der Waals surface area contributed by atoms with Crippen molar-refractivity contribution in [2.45, 2.75) is 25.7 Å². The molecule has 0 bridgehead atoms. The van der Waals surface area contributed by atoms with E-state index in [0.717, 1.165) is 5.41 Å². The van der Waals surface area contributed by atoms with Gasteiger partial charge in [0.05, 0.1) is 10.3 Å². The lowest BCUT2D eigenvalue weighted by Gasteiger charge is -2.08. The fraction of sp³-hybridized carbons (Fsp3) is 0.294. The number of hydrogen-bond acceptors (Lipinski definition) is 3. The third-order valence-electron chi connectivity index (χ3n) is 2.21. The van der Waals surface area contributed by atoms with Crippen LogP contribution in [-0.2, 0) is 14.6 Å². The molecule has 0 N–H and O–H groups in total. The van der Waals surface area contributed by atoms with Crippen LogP contribution >= 0.6 is 0 Å². The third-order valence-corrected chi connectivity index (χ3v) is 3.66. The topological polar surface area (TPSA) is 43.4 Å². The molecule has 0 saturated carbocycles. The van der Waals surface area contributed by atoms with E-state index in [9.17, 15) is 8.42 Å². The second-order valence-electron chi connectivity index (χ2n) is 5.33. The van der Waals surface area contributed by atoms with Crippen LogP contribution in [0.25, 0.3) is 0 Å². The molecule has 0 atom stereocenters. The van der Waals surface area contributed by atoms with Gasteiger partial charge in [-0.25, -0.2) is 8.42 Å². The van der Waals surface area contributed by atoms with Crippen molar-refractivity contribution in [3.8, 4) is 24.2 Å². The minimum Gasteiger partial charge on any atom is -0.472 e. The average Bonchev–Trinajstić information content (AvgIpc) is 2.42. The Morgan fingerprint density at radius 2 is 1.90 bits per heavy atom. The summed E-state index contributed by atoms with van der Waals surface area (Å²) in [5, 5.41) is 1.01. The number of terminal acetylenes is 1. The van der Waals surface area contributed by atoms with Crippen LogP contribution in [0.3, 0.4) is 0 Å². The van der Waals surface area contributed by atoms with Crippen molar-refractivity contribution in [3.63, 3.8) is 0 Å². The van der Waals surface area contributed by atoms with Gasteiger partial charge >= 0.3 is 0 Å². The van der Waals surface area contributed by atoms with Gasteiger partial charge in [-0.05, 0) is 38.8 Å². The molecule has 0 unspecified atom stereocenters. The van der Waals surface area contributed by atoms with Gasteiger partial charge in [0.2, 0.25) is 9.84 Å². The van der Waals surface area contributed by atoms with Gasteiger partial charge in [-0.2, -0.15) is 0 Å². The Bertz CT molecular complexity index is 703. The number of benzene rings is 1. The molecule has 0 heterocycles. The van der Waals surface area contributed by atoms with Crippen molar-refractivity contribution in [1.82, 2.24) is 0 Å². The zero-order chi connectivity index (χ0) is 15.9. The molecule has 0 radical (unpaired) electrons. The molecule has 0 saturated heterocycles. The van der Waals surface area contributed by atoms with Crippen LogP contribution in [-0.4, -0.2) is 15.0 Å². The summed E-state index contributed by atoms with van der Waals surface area (Å²) in [5.74, 6) is 8.01. The van der Waals surface area contributed by atoms with E-state index >= 15 is 0 Å². The molecule has 0 amide bonds. The SMILES string of the molecule is C#CCO/C(C#CC(C)(C)C)=C/S(=O)(=O)c1ccccc1. The maximum atomic E-state index is 12.3. The van der Waals surface area contributed by atoms with Gasteiger partial charge in [-0.3, -0.25) is 0 Å². The number of sulfone groups is 1. The molecule has 0 aliphatic heterocycles. The van der Waals surface area contributed by atoms with Crippen LogP contribution in [0.4, 0.5) is 0 Å². The maximum absolute atomic E-state index is 12.3. The highest BCUT2D eigenvalue weighted by atomic mass is 32.2. The summed E-state index contributed by atoms with van der Waals surface area (Å²) in [6.45, 7) is 5.73. The minimum atomic E-state index is -3.62. The van der Waals surface area contributed by atoms with Gasteiger partial charge in [0.25, 0.3) is 0 Å². The Hall–Kier alpha value is -2.17. The van der Waals surface area contributed by atoms with Gasteiger partial charge in [-0.1, -0.05) is 30.0 Å². The molecule has 0 aromatic heterocycles. The number of hydrogen-bond donors (Lipinski definition) is 0. The number of ether oxygens (including phenoxy) is 1. The van der Waals surface area contributed by atoms with Crippen LogP contribution in [0.5, 0.6) is 0 Å². The zero-order valence-electron chi connectivity index (χ0n) is 12.4. The van der Waals surface area contributed by atoms with Crippen LogP contribution in [0.1, 0.15) is 20.8 Å². The lowest BCUT2D eigenvalue weighted by Crippen LogP contribution is -2.03.